The Kier molecular flexibility index (Phi) is 4.80. The lowest BCUT2D eigenvalue weighted by Gasteiger charge is -2.11. The van der Waals surface area contributed by atoms with E-state index < -0.39 is 0 Å². The highest BCUT2D eigenvalue weighted by Gasteiger charge is 2.14. The van der Waals surface area contributed by atoms with Crippen molar-refractivity contribution in [3.05, 3.63) is 109 Å². The fourth-order valence-electron chi connectivity index (χ4n) is 3.42. The van der Waals surface area contributed by atoms with Crippen molar-refractivity contribution >= 4 is 0 Å². The number of hydrogen-bond acceptors (Lipinski definition) is 4. The number of hydrogen-bond donors (Lipinski definition) is 0. The summed E-state index contributed by atoms with van der Waals surface area (Å²) in [6.45, 7) is 0. The highest BCUT2D eigenvalue weighted by Crippen LogP contribution is 2.32. The lowest BCUT2D eigenvalue weighted by Crippen LogP contribution is -1.97. The first kappa shape index (κ1) is 17.9. The van der Waals surface area contributed by atoms with Crippen molar-refractivity contribution in [2.24, 2.45) is 0 Å². The van der Waals surface area contributed by atoms with Gasteiger partial charge in [-0.3, -0.25) is 9.97 Å². The number of aromatic nitrogens is 4. The molecule has 0 amide bonds. The van der Waals surface area contributed by atoms with Gasteiger partial charge in [-0.15, -0.1) is 10.2 Å². The summed E-state index contributed by atoms with van der Waals surface area (Å²) in [5.74, 6) is 0. The fraction of sp³-hybridized carbons (Fsp3) is 0. The van der Waals surface area contributed by atoms with Gasteiger partial charge in [-0.05, 0) is 47.0 Å². The molecule has 3 aromatic heterocycles. The Morgan fingerprint density at radius 1 is 0.433 bits per heavy atom. The van der Waals surface area contributed by atoms with E-state index in [9.17, 15) is 0 Å². The summed E-state index contributed by atoms with van der Waals surface area (Å²) in [7, 11) is 0. The summed E-state index contributed by atoms with van der Waals surface area (Å²) in [6.07, 6.45) is 3.53. The predicted octanol–water partition coefficient (Wildman–Crippen LogP) is 5.93. The summed E-state index contributed by atoms with van der Waals surface area (Å²) in [6, 6.07) is 32.5. The van der Waals surface area contributed by atoms with Crippen molar-refractivity contribution in [1.29, 1.82) is 0 Å². The molecule has 5 rings (SSSR count). The smallest absolute Gasteiger partial charge is 0.119 e. The van der Waals surface area contributed by atoms with Crippen LogP contribution >= 0.6 is 0 Å². The molecular weight excluding hydrogens is 368 g/mol. The zero-order chi connectivity index (χ0) is 20.2. The summed E-state index contributed by atoms with van der Waals surface area (Å²) in [5.41, 5.74) is 7.47. The molecule has 4 nitrogen and oxygen atoms in total. The third-order valence-corrected chi connectivity index (χ3v) is 4.93. The molecule has 0 saturated carbocycles. The third kappa shape index (κ3) is 3.59. The highest BCUT2D eigenvalue weighted by molar-refractivity contribution is 5.82. The van der Waals surface area contributed by atoms with Gasteiger partial charge >= 0.3 is 0 Å². The number of rotatable bonds is 4. The second kappa shape index (κ2) is 8.05. The minimum Gasteiger partial charge on any atom is -0.255 e. The first-order valence-corrected chi connectivity index (χ1v) is 9.75. The SMILES string of the molecule is c1ccc(-c2ccc(-c3cc(-c4ccccn4)nnc3-c3ccccn3)cc2)cc1. The maximum absolute atomic E-state index is 4.53. The number of pyridine rings is 2. The van der Waals surface area contributed by atoms with Crippen LogP contribution in [0.2, 0.25) is 0 Å². The van der Waals surface area contributed by atoms with Crippen LogP contribution in [0.3, 0.4) is 0 Å². The van der Waals surface area contributed by atoms with E-state index in [-0.39, 0.29) is 0 Å². The van der Waals surface area contributed by atoms with Crippen LogP contribution in [0.4, 0.5) is 0 Å². The van der Waals surface area contributed by atoms with Gasteiger partial charge in [-0.2, -0.15) is 0 Å². The van der Waals surface area contributed by atoms with Crippen LogP contribution in [0.15, 0.2) is 109 Å². The van der Waals surface area contributed by atoms with E-state index in [2.05, 4.69) is 56.6 Å². The van der Waals surface area contributed by atoms with Crippen molar-refractivity contribution in [1.82, 2.24) is 20.2 Å². The Labute approximate surface area is 175 Å². The van der Waals surface area contributed by atoms with E-state index >= 15 is 0 Å². The van der Waals surface area contributed by atoms with E-state index in [4.69, 9.17) is 0 Å². The van der Waals surface area contributed by atoms with Gasteiger partial charge in [-0.1, -0.05) is 66.7 Å². The average Bonchev–Trinajstić information content (AvgIpc) is 2.85. The molecule has 142 valence electrons. The summed E-state index contributed by atoms with van der Waals surface area (Å²) in [4.78, 5) is 8.91. The van der Waals surface area contributed by atoms with Crippen LogP contribution in [0.5, 0.6) is 0 Å². The van der Waals surface area contributed by atoms with Crippen molar-refractivity contribution in [2.75, 3.05) is 0 Å². The molecule has 3 heterocycles. The molecule has 0 unspecified atom stereocenters. The fourth-order valence-corrected chi connectivity index (χ4v) is 3.42. The third-order valence-electron chi connectivity index (χ3n) is 4.93. The highest BCUT2D eigenvalue weighted by atomic mass is 15.1. The van der Waals surface area contributed by atoms with Crippen molar-refractivity contribution in [2.45, 2.75) is 0 Å². The Balaban J connectivity index is 1.63. The molecule has 30 heavy (non-hydrogen) atoms. The van der Waals surface area contributed by atoms with Gasteiger partial charge in [-0.25, -0.2) is 0 Å². The van der Waals surface area contributed by atoms with E-state index in [1.54, 1.807) is 12.4 Å². The molecule has 0 atom stereocenters. The van der Waals surface area contributed by atoms with Gasteiger partial charge in [0.2, 0.25) is 0 Å². The lowest BCUT2D eigenvalue weighted by atomic mass is 9.98. The average molecular weight is 386 g/mol. The Morgan fingerprint density at radius 2 is 1.03 bits per heavy atom. The quantitative estimate of drug-likeness (QED) is 0.384. The van der Waals surface area contributed by atoms with E-state index in [0.717, 1.165) is 33.9 Å². The topological polar surface area (TPSA) is 51.6 Å². The van der Waals surface area contributed by atoms with Crippen LogP contribution in [-0.4, -0.2) is 20.2 Å². The molecule has 0 saturated heterocycles. The van der Waals surface area contributed by atoms with E-state index in [0.29, 0.717) is 0 Å². The van der Waals surface area contributed by atoms with Crippen LogP contribution in [0.25, 0.3) is 45.0 Å². The number of benzene rings is 2. The van der Waals surface area contributed by atoms with E-state index in [1.165, 1.54) is 11.1 Å². The summed E-state index contributed by atoms with van der Waals surface area (Å²) in [5, 5.41) is 8.95. The molecule has 5 aromatic rings. The molecular formula is C26H18N4. The van der Waals surface area contributed by atoms with Crippen LogP contribution in [0, 0.1) is 0 Å². The molecule has 0 bridgehead atoms. The molecule has 4 heteroatoms. The zero-order valence-electron chi connectivity index (χ0n) is 16.2. The number of nitrogens with zero attached hydrogens (tertiary/aromatic N) is 4. The Morgan fingerprint density at radius 3 is 1.70 bits per heavy atom. The van der Waals surface area contributed by atoms with Crippen LogP contribution in [-0.2, 0) is 0 Å². The van der Waals surface area contributed by atoms with Gasteiger partial charge in [0.15, 0.2) is 0 Å². The minimum absolute atomic E-state index is 0.734. The second-order valence-electron chi connectivity index (χ2n) is 6.87. The summed E-state index contributed by atoms with van der Waals surface area (Å²) < 4.78 is 0. The molecule has 0 aliphatic rings. The molecule has 0 aliphatic carbocycles. The Hall–Kier alpha value is -4.18. The standard InChI is InChI=1S/C26H18N4/c1-2-8-19(9-3-1)20-12-14-21(15-13-20)22-18-25(23-10-4-6-16-27-23)29-30-26(22)24-11-5-7-17-28-24/h1-18H. The first-order valence-electron chi connectivity index (χ1n) is 9.75. The normalized spacial score (nSPS) is 10.7. The molecule has 0 aliphatic heterocycles. The Bertz CT molecular complexity index is 1250. The molecule has 0 N–H and O–H groups in total. The van der Waals surface area contributed by atoms with Crippen LogP contribution < -0.4 is 0 Å². The van der Waals surface area contributed by atoms with Gasteiger partial charge in [0.05, 0.1) is 11.4 Å². The van der Waals surface area contributed by atoms with Gasteiger partial charge in [0.25, 0.3) is 0 Å². The first-order chi connectivity index (χ1) is 14.9. The molecule has 0 radical (unpaired) electrons. The maximum atomic E-state index is 4.53. The minimum atomic E-state index is 0.734. The van der Waals surface area contributed by atoms with Crippen molar-refractivity contribution in [3.8, 4) is 45.0 Å². The van der Waals surface area contributed by atoms with Crippen molar-refractivity contribution in [3.63, 3.8) is 0 Å². The molecule has 0 fully saturated rings. The molecule has 0 spiro atoms. The van der Waals surface area contributed by atoms with Gasteiger partial charge in [0.1, 0.15) is 11.4 Å². The monoisotopic (exact) mass is 386 g/mol. The zero-order valence-corrected chi connectivity index (χ0v) is 16.2. The predicted molar refractivity (Wildman–Crippen MR) is 119 cm³/mol. The van der Waals surface area contributed by atoms with Gasteiger partial charge in [0, 0.05) is 18.0 Å². The van der Waals surface area contributed by atoms with Crippen LogP contribution in [0.1, 0.15) is 0 Å². The second-order valence-corrected chi connectivity index (χ2v) is 6.87. The van der Waals surface area contributed by atoms with Crippen molar-refractivity contribution < 1.29 is 0 Å². The van der Waals surface area contributed by atoms with E-state index in [1.807, 2.05) is 60.7 Å². The summed E-state index contributed by atoms with van der Waals surface area (Å²) >= 11 is 0. The largest absolute Gasteiger partial charge is 0.255 e. The lowest BCUT2D eigenvalue weighted by molar-refractivity contribution is 1.03. The molecule has 2 aromatic carbocycles. The van der Waals surface area contributed by atoms with Gasteiger partial charge < -0.3 is 0 Å². The maximum Gasteiger partial charge on any atom is 0.119 e.